The van der Waals surface area contributed by atoms with Crippen molar-refractivity contribution >= 4 is 22.6 Å². The number of aromatic carboxylic acids is 1. The summed E-state index contributed by atoms with van der Waals surface area (Å²) in [4.78, 5) is 25.5. The molecule has 0 bridgehead atoms. The molecule has 0 aliphatic heterocycles. The van der Waals surface area contributed by atoms with Gasteiger partial charge in [-0.2, -0.15) is 0 Å². The summed E-state index contributed by atoms with van der Waals surface area (Å²) in [6.45, 7) is 0.562. The van der Waals surface area contributed by atoms with Gasteiger partial charge in [-0.25, -0.2) is 4.79 Å². The largest absolute Gasteiger partial charge is 0.477 e. The van der Waals surface area contributed by atoms with Crippen molar-refractivity contribution in [1.29, 1.82) is 0 Å². The van der Waals surface area contributed by atoms with Crippen LogP contribution < -0.4 is 16.9 Å². The highest BCUT2D eigenvalue weighted by molar-refractivity contribution is 5.94. The Labute approximate surface area is 109 Å². The minimum absolute atomic E-state index is 0.168. The van der Waals surface area contributed by atoms with Crippen LogP contribution in [0.4, 0.5) is 5.69 Å². The van der Waals surface area contributed by atoms with Gasteiger partial charge in [0.2, 0.25) is 0 Å². The molecule has 2 rings (SSSR count). The van der Waals surface area contributed by atoms with Crippen LogP contribution in [0.1, 0.15) is 22.5 Å². The molecule has 2 aromatic rings. The fourth-order valence-corrected chi connectivity index (χ4v) is 2.01. The summed E-state index contributed by atoms with van der Waals surface area (Å²) in [6.07, 6.45) is 1.53. The molecule has 6 nitrogen and oxygen atoms in total. The molecule has 0 saturated carbocycles. The van der Waals surface area contributed by atoms with Crippen molar-refractivity contribution in [1.82, 2.24) is 4.98 Å². The van der Waals surface area contributed by atoms with Crippen LogP contribution in [0.5, 0.6) is 0 Å². The first kappa shape index (κ1) is 13.1. The van der Waals surface area contributed by atoms with E-state index in [1.807, 2.05) is 0 Å². The molecule has 0 aliphatic rings. The number of fused-ring (bicyclic) bond motifs is 1. The fraction of sp³-hybridized carbons (Fsp3) is 0.231. The molecule has 0 aliphatic carbocycles. The molecule has 1 heterocycles. The number of aromatic amines is 1. The Balaban J connectivity index is 2.63. The van der Waals surface area contributed by atoms with Gasteiger partial charge in [-0.3, -0.25) is 4.79 Å². The van der Waals surface area contributed by atoms with E-state index in [0.29, 0.717) is 23.1 Å². The molecule has 0 spiro atoms. The van der Waals surface area contributed by atoms with Gasteiger partial charge < -0.3 is 21.6 Å². The number of benzene rings is 1. The van der Waals surface area contributed by atoms with Crippen LogP contribution >= 0.6 is 0 Å². The summed E-state index contributed by atoms with van der Waals surface area (Å²) in [5, 5.41) is 9.31. The highest BCUT2D eigenvalue weighted by Crippen LogP contribution is 2.20. The summed E-state index contributed by atoms with van der Waals surface area (Å²) in [5.41, 5.74) is 12.4. The molecule has 0 atom stereocenters. The lowest BCUT2D eigenvalue weighted by atomic mass is 10.0. The minimum Gasteiger partial charge on any atom is -0.477 e. The third kappa shape index (κ3) is 2.58. The number of carboxylic acid groups (broad SMARTS) is 1. The predicted molar refractivity (Wildman–Crippen MR) is 73.3 cm³/mol. The van der Waals surface area contributed by atoms with Crippen molar-refractivity contribution in [3.05, 3.63) is 39.7 Å². The number of H-pyrrole nitrogens is 1. The number of hydrogen-bond acceptors (Lipinski definition) is 4. The third-order valence-corrected chi connectivity index (χ3v) is 2.93. The molecule has 6 heteroatoms. The van der Waals surface area contributed by atoms with Gasteiger partial charge in [-0.05, 0) is 37.1 Å². The fourth-order valence-electron chi connectivity index (χ4n) is 2.01. The Morgan fingerprint density at radius 2 is 2.05 bits per heavy atom. The predicted octanol–water partition coefficient (Wildman–Crippen LogP) is 0.700. The first-order valence-electron chi connectivity index (χ1n) is 5.91. The molecule has 0 saturated heterocycles. The van der Waals surface area contributed by atoms with E-state index >= 15 is 0 Å². The number of carbonyl (C=O) groups is 1. The van der Waals surface area contributed by atoms with Gasteiger partial charge in [0.15, 0.2) is 5.43 Å². The van der Waals surface area contributed by atoms with Crippen molar-refractivity contribution in [3.8, 4) is 0 Å². The third-order valence-electron chi connectivity index (χ3n) is 2.93. The van der Waals surface area contributed by atoms with Crippen molar-refractivity contribution in [2.24, 2.45) is 5.73 Å². The summed E-state index contributed by atoms with van der Waals surface area (Å²) in [5.74, 6) is -1.19. The number of hydrogen-bond donors (Lipinski definition) is 4. The average molecular weight is 261 g/mol. The van der Waals surface area contributed by atoms with Gasteiger partial charge in [0.1, 0.15) is 5.69 Å². The van der Waals surface area contributed by atoms with E-state index in [1.165, 1.54) is 0 Å². The number of carboxylic acids is 1. The van der Waals surface area contributed by atoms with Gasteiger partial charge >= 0.3 is 5.97 Å². The second-order valence-electron chi connectivity index (χ2n) is 4.35. The quantitative estimate of drug-likeness (QED) is 0.603. The lowest BCUT2D eigenvalue weighted by Gasteiger charge is -2.07. The zero-order valence-electron chi connectivity index (χ0n) is 10.3. The van der Waals surface area contributed by atoms with E-state index in [9.17, 15) is 9.59 Å². The van der Waals surface area contributed by atoms with Crippen molar-refractivity contribution in [2.45, 2.75) is 12.8 Å². The van der Waals surface area contributed by atoms with Crippen molar-refractivity contribution < 1.29 is 9.90 Å². The Bertz CT molecular complexity index is 691. The van der Waals surface area contributed by atoms with E-state index in [4.69, 9.17) is 16.6 Å². The van der Waals surface area contributed by atoms with Crippen LogP contribution in [0, 0.1) is 0 Å². The minimum atomic E-state index is -1.19. The second-order valence-corrected chi connectivity index (χ2v) is 4.35. The number of rotatable bonds is 4. The van der Waals surface area contributed by atoms with Crippen LogP contribution in [-0.4, -0.2) is 22.6 Å². The molecule has 100 valence electrons. The van der Waals surface area contributed by atoms with Crippen LogP contribution in [0.15, 0.2) is 23.0 Å². The monoisotopic (exact) mass is 261 g/mol. The van der Waals surface area contributed by atoms with Gasteiger partial charge in [0.05, 0.1) is 11.2 Å². The number of pyridine rings is 1. The standard InChI is InChI=1S/C13H15N3O3/c14-3-1-2-7-4-8-11(17)6-10(13(18)19)16-12(8)9(15)5-7/h4-6H,1-3,14-15H2,(H,16,17)(H,18,19). The van der Waals surface area contributed by atoms with Crippen molar-refractivity contribution in [2.75, 3.05) is 12.3 Å². The highest BCUT2D eigenvalue weighted by atomic mass is 16.4. The normalized spacial score (nSPS) is 10.8. The topological polar surface area (TPSA) is 122 Å². The summed E-state index contributed by atoms with van der Waals surface area (Å²) >= 11 is 0. The maximum Gasteiger partial charge on any atom is 0.352 e. The maximum atomic E-state index is 11.9. The Kier molecular flexibility index (Phi) is 3.52. The number of anilines is 1. The molecule has 6 N–H and O–H groups in total. The second kappa shape index (κ2) is 5.11. The van der Waals surface area contributed by atoms with Gasteiger partial charge in [-0.15, -0.1) is 0 Å². The molecule has 19 heavy (non-hydrogen) atoms. The Morgan fingerprint density at radius 1 is 1.32 bits per heavy atom. The number of nitrogens with two attached hydrogens (primary N) is 2. The molecule has 0 radical (unpaired) electrons. The lowest BCUT2D eigenvalue weighted by Crippen LogP contribution is -2.11. The molecule has 1 aromatic heterocycles. The van der Waals surface area contributed by atoms with Crippen LogP contribution in [0.2, 0.25) is 0 Å². The summed E-state index contributed by atoms with van der Waals surface area (Å²) < 4.78 is 0. The summed E-state index contributed by atoms with van der Waals surface area (Å²) in [7, 11) is 0. The lowest BCUT2D eigenvalue weighted by molar-refractivity contribution is 0.0691. The zero-order chi connectivity index (χ0) is 14.0. The molecular formula is C13H15N3O3. The molecule has 1 aromatic carbocycles. The smallest absolute Gasteiger partial charge is 0.352 e. The first-order valence-corrected chi connectivity index (χ1v) is 5.91. The van der Waals surface area contributed by atoms with Crippen LogP contribution in [0.25, 0.3) is 10.9 Å². The Morgan fingerprint density at radius 3 is 2.68 bits per heavy atom. The van der Waals surface area contributed by atoms with E-state index in [1.54, 1.807) is 12.1 Å². The highest BCUT2D eigenvalue weighted by Gasteiger charge is 2.10. The van der Waals surface area contributed by atoms with E-state index in [2.05, 4.69) is 4.98 Å². The average Bonchev–Trinajstić information content (AvgIpc) is 2.37. The SMILES string of the molecule is NCCCc1cc(N)c2[nH]c(C(=O)O)cc(=O)c2c1. The van der Waals surface area contributed by atoms with Gasteiger partial charge in [-0.1, -0.05) is 0 Å². The van der Waals surface area contributed by atoms with Gasteiger partial charge in [0, 0.05) is 11.5 Å². The van der Waals surface area contributed by atoms with E-state index < -0.39 is 5.97 Å². The molecule has 0 unspecified atom stereocenters. The summed E-state index contributed by atoms with van der Waals surface area (Å²) in [6, 6.07) is 4.53. The van der Waals surface area contributed by atoms with Crippen LogP contribution in [0.3, 0.4) is 0 Å². The van der Waals surface area contributed by atoms with E-state index in [0.717, 1.165) is 24.5 Å². The Hall–Kier alpha value is -2.34. The number of nitrogen functional groups attached to an aromatic ring is 1. The zero-order valence-corrected chi connectivity index (χ0v) is 10.3. The molecule has 0 amide bonds. The van der Waals surface area contributed by atoms with Crippen LogP contribution in [-0.2, 0) is 6.42 Å². The van der Waals surface area contributed by atoms with Gasteiger partial charge in [0.25, 0.3) is 0 Å². The van der Waals surface area contributed by atoms with Crippen molar-refractivity contribution in [3.63, 3.8) is 0 Å². The molecule has 0 fully saturated rings. The number of aryl methyl sites for hydroxylation is 1. The number of aromatic nitrogens is 1. The van der Waals surface area contributed by atoms with E-state index in [-0.39, 0.29) is 11.1 Å². The molecular weight excluding hydrogens is 246 g/mol. The first-order chi connectivity index (χ1) is 9.02. The number of nitrogens with one attached hydrogen (secondary N) is 1. The maximum absolute atomic E-state index is 11.9.